The Hall–Kier alpha value is -1.06. The second-order valence-corrected chi connectivity index (χ2v) is 6.14. The molecule has 0 radical (unpaired) electrons. The second-order valence-electron chi connectivity index (χ2n) is 5.42. The molecular weight excluding hydrogens is 314 g/mol. The van der Waals surface area contributed by atoms with Crippen molar-refractivity contribution in [3.05, 3.63) is 57.5 Å². The molecular formula is C17H20BrNO. The first kappa shape index (κ1) is 13.9. The van der Waals surface area contributed by atoms with Crippen molar-refractivity contribution in [3.8, 4) is 0 Å². The lowest BCUT2D eigenvalue weighted by molar-refractivity contribution is 0.506. The van der Waals surface area contributed by atoms with Crippen LogP contribution in [0.2, 0.25) is 0 Å². The number of halogens is 1. The number of furan rings is 1. The van der Waals surface area contributed by atoms with Gasteiger partial charge >= 0.3 is 0 Å². The fourth-order valence-electron chi connectivity index (χ4n) is 3.08. The van der Waals surface area contributed by atoms with Crippen LogP contribution in [0, 0.1) is 0 Å². The van der Waals surface area contributed by atoms with Crippen molar-refractivity contribution < 1.29 is 4.42 Å². The molecule has 3 rings (SSSR count). The van der Waals surface area contributed by atoms with Crippen LogP contribution < -0.4 is 5.32 Å². The standard InChI is InChI=1S/C17H20BrNO/c1-2-19-16(15-8-9-20-17(15)18)11-12-6-7-13-4-3-5-14(13)10-12/h6-10,16,19H,2-5,11H2,1H3. The molecule has 0 fully saturated rings. The quantitative estimate of drug-likeness (QED) is 0.875. The van der Waals surface area contributed by atoms with Crippen molar-refractivity contribution in [2.75, 3.05) is 6.54 Å². The zero-order valence-electron chi connectivity index (χ0n) is 11.8. The van der Waals surface area contributed by atoms with E-state index in [4.69, 9.17) is 4.42 Å². The van der Waals surface area contributed by atoms with Crippen LogP contribution in [-0.4, -0.2) is 6.54 Å². The van der Waals surface area contributed by atoms with Crippen LogP contribution in [0.3, 0.4) is 0 Å². The Labute approximate surface area is 128 Å². The third kappa shape index (κ3) is 2.84. The van der Waals surface area contributed by atoms with Crippen molar-refractivity contribution in [2.45, 2.75) is 38.6 Å². The predicted molar refractivity (Wildman–Crippen MR) is 85.0 cm³/mol. The van der Waals surface area contributed by atoms with Gasteiger partial charge in [-0.1, -0.05) is 25.1 Å². The Morgan fingerprint density at radius 3 is 2.85 bits per heavy atom. The molecule has 3 heteroatoms. The fraction of sp³-hybridized carbons (Fsp3) is 0.412. The Morgan fingerprint density at radius 2 is 2.10 bits per heavy atom. The molecule has 1 aromatic carbocycles. The molecule has 1 aliphatic rings. The minimum atomic E-state index is 0.299. The molecule has 0 amide bonds. The number of hydrogen-bond acceptors (Lipinski definition) is 2. The zero-order valence-corrected chi connectivity index (χ0v) is 13.4. The third-order valence-electron chi connectivity index (χ3n) is 4.07. The summed E-state index contributed by atoms with van der Waals surface area (Å²) in [7, 11) is 0. The van der Waals surface area contributed by atoms with E-state index < -0.39 is 0 Å². The van der Waals surface area contributed by atoms with Gasteiger partial charge < -0.3 is 9.73 Å². The molecule has 0 saturated heterocycles. The number of fused-ring (bicyclic) bond motifs is 1. The number of likely N-dealkylation sites (N-methyl/N-ethyl adjacent to an activating group) is 1. The van der Waals surface area contributed by atoms with E-state index in [0.29, 0.717) is 6.04 Å². The van der Waals surface area contributed by atoms with E-state index in [1.54, 1.807) is 17.4 Å². The van der Waals surface area contributed by atoms with Crippen LogP contribution >= 0.6 is 15.9 Å². The molecule has 1 aliphatic carbocycles. The summed E-state index contributed by atoms with van der Waals surface area (Å²) in [6, 6.07) is 9.33. The number of hydrogen-bond donors (Lipinski definition) is 1. The molecule has 1 unspecified atom stereocenters. The van der Waals surface area contributed by atoms with E-state index in [1.165, 1.54) is 30.4 Å². The summed E-state index contributed by atoms with van der Waals surface area (Å²) in [5.41, 5.74) is 5.69. The van der Waals surface area contributed by atoms with Crippen molar-refractivity contribution in [1.82, 2.24) is 5.32 Å². The normalized spacial score (nSPS) is 15.3. The number of nitrogens with one attached hydrogen (secondary N) is 1. The minimum absolute atomic E-state index is 0.299. The van der Waals surface area contributed by atoms with Gasteiger partial charge in [0.1, 0.15) is 0 Å². The maximum atomic E-state index is 5.38. The first-order valence-corrected chi connectivity index (χ1v) is 8.14. The molecule has 106 valence electrons. The van der Waals surface area contributed by atoms with E-state index >= 15 is 0 Å². The summed E-state index contributed by atoms with van der Waals surface area (Å²) in [6.07, 6.45) is 6.54. The summed E-state index contributed by atoms with van der Waals surface area (Å²) in [5, 5.41) is 3.55. The monoisotopic (exact) mass is 333 g/mol. The largest absolute Gasteiger partial charge is 0.457 e. The molecule has 0 bridgehead atoms. The van der Waals surface area contributed by atoms with Crippen molar-refractivity contribution in [1.29, 1.82) is 0 Å². The van der Waals surface area contributed by atoms with Crippen LogP contribution in [0.5, 0.6) is 0 Å². The van der Waals surface area contributed by atoms with E-state index in [-0.39, 0.29) is 0 Å². The average molecular weight is 334 g/mol. The van der Waals surface area contributed by atoms with E-state index in [9.17, 15) is 0 Å². The highest BCUT2D eigenvalue weighted by Crippen LogP contribution is 2.29. The maximum absolute atomic E-state index is 5.38. The summed E-state index contributed by atoms with van der Waals surface area (Å²) >= 11 is 3.49. The summed E-state index contributed by atoms with van der Waals surface area (Å²) in [6.45, 7) is 3.09. The summed E-state index contributed by atoms with van der Waals surface area (Å²) in [5.74, 6) is 0. The first-order chi connectivity index (χ1) is 9.78. The van der Waals surface area contributed by atoms with Gasteiger partial charge in [0, 0.05) is 11.6 Å². The lowest BCUT2D eigenvalue weighted by Crippen LogP contribution is -2.22. The van der Waals surface area contributed by atoms with Crippen LogP contribution in [0.25, 0.3) is 0 Å². The lowest BCUT2D eigenvalue weighted by Gasteiger charge is -2.17. The van der Waals surface area contributed by atoms with Gasteiger partial charge in [-0.2, -0.15) is 0 Å². The van der Waals surface area contributed by atoms with Crippen LogP contribution in [0.4, 0.5) is 0 Å². The van der Waals surface area contributed by atoms with E-state index in [1.807, 2.05) is 6.07 Å². The molecule has 1 atom stereocenters. The summed E-state index contributed by atoms with van der Waals surface area (Å²) < 4.78 is 6.22. The Kier molecular flexibility index (Phi) is 4.27. The highest BCUT2D eigenvalue weighted by molar-refractivity contribution is 9.10. The van der Waals surface area contributed by atoms with E-state index in [2.05, 4.69) is 46.4 Å². The SMILES string of the molecule is CCNC(Cc1ccc2c(c1)CCC2)c1ccoc1Br. The summed E-state index contributed by atoms with van der Waals surface area (Å²) in [4.78, 5) is 0. The van der Waals surface area contributed by atoms with Crippen LogP contribution in [0.1, 0.15) is 41.6 Å². The van der Waals surface area contributed by atoms with Gasteiger partial charge in [-0.3, -0.25) is 0 Å². The lowest BCUT2D eigenvalue weighted by atomic mass is 9.98. The molecule has 1 aromatic heterocycles. The molecule has 1 heterocycles. The molecule has 2 aromatic rings. The predicted octanol–water partition coefficient (Wildman–Crippen LogP) is 4.42. The first-order valence-electron chi connectivity index (χ1n) is 7.35. The number of rotatable bonds is 5. The minimum Gasteiger partial charge on any atom is -0.457 e. The topological polar surface area (TPSA) is 25.2 Å². The molecule has 1 N–H and O–H groups in total. The molecule has 0 aliphatic heterocycles. The molecule has 0 saturated carbocycles. The van der Waals surface area contributed by atoms with Gasteiger partial charge in [0.2, 0.25) is 0 Å². The Morgan fingerprint density at radius 1 is 1.25 bits per heavy atom. The Balaban J connectivity index is 1.81. The van der Waals surface area contributed by atoms with Gasteiger partial charge in [0.15, 0.2) is 4.67 Å². The van der Waals surface area contributed by atoms with Crippen molar-refractivity contribution >= 4 is 15.9 Å². The van der Waals surface area contributed by atoms with Gasteiger partial charge in [-0.15, -0.1) is 0 Å². The van der Waals surface area contributed by atoms with Crippen LogP contribution in [-0.2, 0) is 19.3 Å². The van der Waals surface area contributed by atoms with Gasteiger partial charge in [-0.25, -0.2) is 0 Å². The molecule has 2 nitrogen and oxygen atoms in total. The van der Waals surface area contributed by atoms with Gasteiger partial charge in [0.25, 0.3) is 0 Å². The third-order valence-corrected chi connectivity index (χ3v) is 4.72. The highest BCUT2D eigenvalue weighted by atomic mass is 79.9. The number of aryl methyl sites for hydroxylation is 2. The smallest absolute Gasteiger partial charge is 0.173 e. The Bertz CT molecular complexity index is 590. The van der Waals surface area contributed by atoms with Crippen molar-refractivity contribution in [3.63, 3.8) is 0 Å². The van der Waals surface area contributed by atoms with Crippen LogP contribution in [0.15, 0.2) is 39.6 Å². The van der Waals surface area contributed by atoms with Gasteiger partial charge in [-0.05, 0) is 70.9 Å². The van der Waals surface area contributed by atoms with Gasteiger partial charge in [0.05, 0.1) is 6.26 Å². The average Bonchev–Trinajstić information content (AvgIpc) is 3.06. The number of benzene rings is 1. The van der Waals surface area contributed by atoms with E-state index in [0.717, 1.165) is 17.6 Å². The zero-order chi connectivity index (χ0) is 13.9. The maximum Gasteiger partial charge on any atom is 0.173 e. The van der Waals surface area contributed by atoms with Crippen molar-refractivity contribution in [2.24, 2.45) is 0 Å². The highest BCUT2D eigenvalue weighted by Gasteiger charge is 2.18. The molecule has 0 spiro atoms. The molecule has 20 heavy (non-hydrogen) atoms. The fourth-order valence-corrected chi connectivity index (χ4v) is 3.60. The second kappa shape index (κ2) is 6.15.